The average Bonchev–Trinajstić information content (AvgIpc) is 4.23. The van der Waals surface area contributed by atoms with Crippen LogP contribution in [0.4, 0.5) is 32.0 Å². The molecule has 1 aromatic rings. The highest BCUT2D eigenvalue weighted by molar-refractivity contribution is 8.11. The SMILES string of the molecule is CC1(C)OB(B2OC(C)(C)C(C)(C)O2)OC1(C)C.CC1(C)OB(C2=CCC3(CC2)CC3)OC1(C)C.CC1=CCC2(CC1)CC2.O=C1CCC2(CC1)CC2.O=S(=O)(N(c1ccccc1)S(=O)(=O)C(F)(F)F)C(F)(F)F. The molecule has 0 radical (unpaired) electrons. The normalized spacial score (nSPS) is 26.7. The third-order valence-corrected chi connectivity index (χ3v) is 21.4. The summed E-state index contributed by atoms with van der Waals surface area (Å²) in [5, 5.41) is 0. The van der Waals surface area contributed by atoms with Gasteiger partial charge in [-0.1, -0.05) is 35.9 Å². The lowest BCUT2D eigenvalue weighted by Gasteiger charge is -2.32. The van der Waals surface area contributed by atoms with Crippen molar-refractivity contribution in [2.75, 3.05) is 3.71 Å². The first-order valence-corrected chi connectivity index (χ1v) is 28.9. The molecule has 0 aromatic heterocycles. The van der Waals surface area contributed by atoms with Crippen molar-refractivity contribution in [2.24, 2.45) is 16.2 Å². The first-order chi connectivity index (χ1) is 33.6. The summed E-state index contributed by atoms with van der Waals surface area (Å²) < 4.78 is 154. The van der Waals surface area contributed by atoms with E-state index in [1.807, 2.05) is 55.4 Å². The number of para-hydroxylation sites is 1. The molecule has 0 unspecified atom stereocenters. The van der Waals surface area contributed by atoms with Crippen LogP contribution in [0.2, 0.25) is 0 Å². The molecule has 9 aliphatic rings. The maximum atomic E-state index is 12.4. The van der Waals surface area contributed by atoms with E-state index in [1.54, 1.807) is 5.57 Å². The molecule has 4 saturated carbocycles. The monoisotopic (exact) mass is 1090 g/mol. The van der Waals surface area contributed by atoms with Crippen molar-refractivity contribution in [1.29, 1.82) is 0 Å². The molecular weight excluding hydrogens is 1010 g/mol. The predicted octanol–water partition coefficient (Wildman–Crippen LogP) is 12.8. The third-order valence-electron chi connectivity index (χ3n) is 17.7. The first-order valence-electron chi connectivity index (χ1n) is 26.0. The number of hydrogen-bond donors (Lipinski definition) is 0. The minimum absolute atomic E-state index is 0.101. The maximum absolute atomic E-state index is 12.4. The van der Waals surface area contributed by atoms with Gasteiger partial charge in [-0.15, -0.1) is 3.71 Å². The number of carbonyl (C=O) groups excluding carboxylic acids is 1. The molecule has 416 valence electrons. The Hall–Kier alpha value is -2.40. The zero-order valence-electron chi connectivity index (χ0n) is 45.6. The number of anilines is 1. The number of hydrogen-bond acceptors (Lipinski definition) is 11. The van der Waals surface area contributed by atoms with Gasteiger partial charge in [0.05, 0.1) is 39.3 Å². The number of allylic oxidation sites excluding steroid dienone is 4. The van der Waals surface area contributed by atoms with Crippen molar-refractivity contribution in [2.45, 2.75) is 237 Å². The molecule has 3 aliphatic heterocycles. The van der Waals surface area contributed by atoms with Gasteiger partial charge in [0.15, 0.2) is 0 Å². The van der Waals surface area contributed by atoms with Crippen molar-refractivity contribution in [3.05, 3.63) is 53.5 Å². The lowest BCUT2D eigenvalue weighted by atomic mass is 9.49. The van der Waals surface area contributed by atoms with Gasteiger partial charge in [-0.25, -0.2) is 0 Å². The van der Waals surface area contributed by atoms with Crippen LogP contribution in [0.15, 0.2) is 53.5 Å². The smallest absolute Gasteiger partial charge is 0.405 e. The molecule has 0 bridgehead atoms. The van der Waals surface area contributed by atoms with Crippen LogP contribution >= 0.6 is 0 Å². The molecule has 74 heavy (non-hydrogen) atoms. The largest absolute Gasteiger partial charge is 0.517 e. The van der Waals surface area contributed by atoms with Gasteiger partial charge in [-0.05, 0) is 214 Å². The molecule has 23 heteroatoms. The molecule has 7 fully saturated rings. The van der Waals surface area contributed by atoms with Crippen LogP contribution in [-0.4, -0.2) is 88.4 Å². The van der Waals surface area contributed by atoms with E-state index in [-0.39, 0.29) is 40.7 Å². The van der Waals surface area contributed by atoms with Gasteiger partial charge in [-0.3, -0.25) is 4.79 Å². The molecular formula is C51H78B3F6NO11S2. The fraction of sp³-hybridized carbons (Fsp3) is 0.784. The van der Waals surface area contributed by atoms with Gasteiger partial charge >= 0.3 is 52.2 Å². The molecule has 3 spiro atoms. The molecule has 0 N–H and O–H groups in total. The lowest BCUT2D eigenvalue weighted by Crippen LogP contribution is -2.49. The summed E-state index contributed by atoms with van der Waals surface area (Å²) in [7, 11) is -14.7. The van der Waals surface area contributed by atoms with Gasteiger partial charge in [0, 0.05) is 12.8 Å². The van der Waals surface area contributed by atoms with Gasteiger partial charge in [-0.2, -0.15) is 43.2 Å². The number of nitrogens with zero attached hydrogens (tertiary/aromatic N) is 1. The van der Waals surface area contributed by atoms with Crippen molar-refractivity contribution in [3.63, 3.8) is 0 Å². The predicted molar refractivity (Wildman–Crippen MR) is 275 cm³/mol. The Labute approximate surface area is 437 Å². The number of halogens is 6. The standard InChI is InChI=1S/C14H23BO2.C12H24B2O4.C9H14.C8H5F6NO4S2.C8H12O/c1-12(2)13(3,4)17-15(16-12)11-5-7-14(8-6-11)9-10-14;1-9(2)10(3,4)16-13(15-9)14-17-11(5,6)12(7,8)18-14;1-8-2-4-9(5-3-8)6-7-9;9-7(10,11)20(16,17)15(6-4-2-1-3-5-6)21(18,19)8(12,13)14;9-7-1-3-8(4-2-7)5-6-8/h5H,6-10H2,1-4H3;1-8H3;2H,3-7H2,1H3;1-5H;1-6H2. The summed E-state index contributed by atoms with van der Waals surface area (Å²) >= 11 is 0. The van der Waals surface area contributed by atoms with Crippen LogP contribution in [0.3, 0.4) is 0 Å². The average molecular weight is 1090 g/mol. The second-order valence-corrected chi connectivity index (χ2v) is 28.8. The fourth-order valence-electron chi connectivity index (χ4n) is 9.37. The van der Waals surface area contributed by atoms with Crippen molar-refractivity contribution < 1.29 is 75.9 Å². The van der Waals surface area contributed by atoms with E-state index in [0.717, 1.165) is 42.9 Å². The van der Waals surface area contributed by atoms with Crippen LogP contribution in [-0.2, 0) is 52.8 Å². The number of Topliss-reactive ketones (excluding diaryl/α,β-unsaturated/α-hetero) is 1. The third kappa shape index (κ3) is 13.5. The van der Waals surface area contributed by atoms with Crippen LogP contribution in [0, 0.1) is 16.2 Å². The summed E-state index contributed by atoms with van der Waals surface area (Å²) in [4.78, 5) is 10.8. The quantitative estimate of drug-likeness (QED) is 0.158. The number of benzene rings is 1. The number of sulfonamides is 2. The molecule has 6 aliphatic carbocycles. The second kappa shape index (κ2) is 20.7. The van der Waals surface area contributed by atoms with Crippen LogP contribution in [0.1, 0.15) is 193 Å². The highest BCUT2D eigenvalue weighted by Gasteiger charge is 2.65. The Bertz CT molecular complexity index is 2350. The second-order valence-electron chi connectivity index (χ2n) is 25.0. The first kappa shape index (κ1) is 60.8. The molecule has 3 saturated heterocycles. The van der Waals surface area contributed by atoms with Gasteiger partial charge < -0.3 is 27.9 Å². The highest BCUT2D eigenvalue weighted by atomic mass is 32.3. The maximum Gasteiger partial charge on any atom is 0.517 e. The zero-order chi connectivity index (χ0) is 55.6. The minimum atomic E-state index is -6.81. The van der Waals surface area contributed by atoms with Crippen LogP contribution < -0.4 is 3.71 Å². The van der Waals surface area contributed by atoms with E-state index >= 15 is 0 Å². The van der Waals surface area contributed by atoms with Gasteiger partial charge in [0.1, 0.15) is 5.78 Å². The van der Waals surface area contributed by atoms with Crippen molar-refractivity contribution >= 4 is 52.7 Å². The molecule has 12 nitrogen and oxygen atoms in total. The Morgan fingerprint density at radius 2 is 0.811 bits per heavy atom. The summed E-state index contributed by atoms with van der Waals surface area (Å²) in [6.07, 6.45) is 25.7. The molecule has 3 heterocycles. The lowest BCUT2D eigenvalue weighted by molar-refractivity contribution is -0.121. The number of carbonyl (C=O) groups is 1. The van der Waals surface area contributed by atoms with Crippen LogP contribution in [0.5, 0.6) is 0 Å². The summed E-state index contributed by atoms with van der Waals surface area (Å²) in [6, 6.07) is 3.85. The van der Waals surface area contributed by atoms with E-state index in [9.17, 15) is 48.0 Å². The summed E-state index contributed by atoms with van der Waals surface area (Å²) in [5.41, 5.74) is -10.4. The van der Waals surface area contributed by atoms with E-state index < -0.39 is 54.5 Å². The molecule has 1 aromatic carbocycles. The summed E-state index contributed by atoms with van der Waals surface area (Å²) in [6.45, 7) is 27.0. The van der Waals surface area contributed by atoms with E-state index in [4.69, 9.17) is 27.9 Å². The van der Waals surface area contributed by atoms with Gasteiger partial charge in [0.2, 0.25) is 0 Å². The van der Waals surface area contributed by atoms with Gasteiger partial charge in [0.25, 0.3) is 0 Å². The van der Waals surface area contributed by atoms with Crippen molar-refractivity contribution in [1.82, 2.24) is 0 Å². The Morgan fingerprint density at radius 1 is 0.473 bits per heavy atom. The van der Waals surface area contributed by atoms with E-state index in [1.165, 1.54) is 88.9 Å². The molecule has 0 amide bonds. The number of rotatable bonds is 5. The fourth-order valence-corrected chi connectivity index (χ4v) is 12.1. The Balaban J connectivity index is 0.000000155. The molecule has 10 rings (SSSR count). The number of ketones is 1. The number of alkyl halides is 6. The Morgan fingerprint density at radius 3 is 1.12 bits per heavy atom. The van der Waals surface area contributed by atoms with E-state index in [0.29, 0.717) is 28.7 Å². The Kier molecular flexibility index (Phi) is 17.0. The van der Waals surface area contributed by atoms with Crippen molar-refractivity contribution in [3.8, 4) is 0 Å². The molecule has 0 atom stereocenters. The van der Waals surface area contributed by atoms with Crippen LogP contribution in [0.25, 0.3) is 0 Å². The topological polar surface area (TPSA) is 144 Å². The van der Waals surface area contributed by atoms with E-state index in [2.05, 4.69) is 46.8 Å². The summed E-state index contributed by atoms with van der Waals surface area (Å²) in [5.74, 6) is 0.493. The minimum Gasteiger partial charge on any atom is -0.405 e. The highest BCUT2D eigenvalue weighted by Crippen LogP contribution is 2.57. The zero-order valence-corrected chi connectivity index (χ0v) is 47.2.